The Kier molecular flexibility index (Phi) is 6.80. The SMILES string of the molecule is C=C1[C@@H]2[C@@H](O[C@H]3CC(=O)O[C@]4(C)COC(=O)C[C@@H]4[C@]32C)[C@H](OC(=O)C(O)[C@H](C)CC)[C@@]2(C)C(c3ccoc3)CC(=O)[C@]12O. The number of furan rings is 1. The quantitative estimate of drug-likeness (QED) is 0.291. The van der Waals surface area contributed by atoms with Crippen molar-refractivity contribution in [3.63, 3.8) is 0 Å². The number of rotatable bonds is 5. The summed E-state index contributed by atoms with van der Waals surface area (Å²) in [6.07, 6.45) is -1.35. The van der Waals surface area contributed by atoms with Gasteiger partial charge in [-0.25, -0.2) is 4.79 Å². The van der Waals surface area contributed by atoms with Crippen molar-refractivity contribution >= 4 is 23.7 Å². The van der Waals surface area contributed by atoms with Crippen LogP contribution in [0, 0.1) is 28.6 Å². The number of esters is 3. The highest BCUT2D eigenvalue weighted by Crippen LogP contribution is 2.70. The maximum atomic E-state index is 14.0. The molecule has 3 aliphatic heterocycles. The molecule has 2 N–H and O–H groups in total. The van der Waals surface area contributed by atoms with Gasteiger partial charge in [-0.3, -0.25) is 14.4 Å². The molecule has 1 aromatic heterocycles. The van der Waals surface area contributed by atoms with Gasteiger partial charge in [-0.05, 0) is 30.0 Å². The molecular formula is C32H40O11. The van der Waals surface area contributed by atoms with E-state index in [2.05, 4.69) is 6.58 Å². The molecule has 0 spiro atoms. The molecule has 11 heteroatoms. The van der Waals surface area contributed by atoms with E-state index in [0.717, 1.165) is 0 Å². The van der Waals surface area contributed by atoms with Crippen LogP contribution in [0.1, 0.15) is 71.8 Å². The number of carbonyl (C=O) groups excluding carboxylic acids is 4. The van der Waals surface area contributed by atoms with Crippen molar-refractivity contribution in [3.05, 3.63) is 36.3 Å². The van der Waals surface area contributed by atoms with Gasteiger partial charge in [0.05, 0.1) is 36.9 Å². The summed E-state index contributed by atoms with van der Waals surface area (Å²) >= 11 is 0. The van der Waals surface area contributed by atoms with E-state index < -0.39 is 93.8 Å². The highest BCUT2D eigenvalue weighted by molar-refractivity contribution is 5.96. The summed E-state index contributed by atoms with van der Waals surface area (Å²) in [6, 6.07) is 1.70. The van der Waals surface area contributed by atoms with Gasteiger partial charge >= 0.3 is 17.9 Å². The van der Waals surface area contributed by atoms with Crippen LogP contribution in [0.3, 0.4) is 0 Å². The Morgan fingerprint density at radius 3 is 2.53 bits per heavy atom. The van der Waals surface area contributed by atoms with Gasteiger partial charge in [0.15, 0.2) is 17.5 Å². The fourth-order valence-electron chi connectivity index (χ4n) is 9.07. The zero-order valence-corrected chi connectivity index (χ0v) is 25.2. The van der Waals surface area contributed by atoms with Gasteiger partial charge < -0.3 is 33.6 Å². The van der Waals surface area contributed by atoms with Crippen LogP contribution in [0.5, 0.6) is 0 Å². The molecule has 5 fully saturated rings. The van der Waals surface area contributed by atoms with Crippen LogP contribution in [-0.2, 0) is 38.1 Å². The lowest BCUT2D eigenvalue weighted by atomic mass is 9.48. The van der Waals surface area contributed by atoms with E-state index in [9.17, 15) is 29.4 Å². The summed E-state index contributed by atoms with van der Waals surface area (Å²) in [7, 11) is 0. The van der Waals surface area contributed by atoms with Crippen molar-refractivity contribution < 1.29 is 52.8 Å². The predicted molar refractivity (Wildman–Crippen MR) is 147 cm³/mol. The second-order valence-electron chi connectivity index (χ2n) is 13.8. The van der Waals surface area contributed by atoms with Crippen LogP contribution in [-0.4, -0.2) is 76.1 Å². The highest BCUT2D eigenvalue weighted by atomic mass is 16.6. The second kappa shape index (κ2) is 9.74. The Morgan fingerprint density at radius 2 is 1.88 bits per heavy atom. The van der Waals surface area contributed by atoms with E-state index in [-0.39, 0.29) is 31.4 Å². The normalized spacial score (nSPS) is 45.1. The minimum atomic E-state index is -2.17. The monoisotopic (exact) mass is 600 g/mol. The van der Waals surface area contributed by atoms with Crippen LogP contribution in [0.2, 0.25) is 0 Å². The van der Waals surface area contributed by atoms with E-state index in [4.69, 9.17) is 23.4 Å². The first-order chi connectivity index (χ1) is 20.1. The van der Waals surface area contributed by atoms with Gasteiger partial charge in [0, 0.05) is 29.6 Å². The molecule has 43 heavy (non-hydrogen) atoms. The molecule has 11 nitrogen and oxygen atoms in total. The number of aliphatic hydroxyl groups is 2. The maximum absolute atomic E-state index is 14.0. The van der Waals surface area contributed by atoms with Crippen LogP contribution < -0.4 is 0 Å². The third-order valence-electron chi connectivity index (χ3n) is 11.7. The molecule has 5 aliphatic rings. The number of cyclic esters (lactones) is 1. The van der Waals surface area contributed by atoms with E-state index in [1.807, 2.05) is 13.8 Å². The largest absolute Gasteiger partial charge is 0.472 e. The molecule has 0 bridgehead atoms. The summed E-state index contributed by atoms with van der Waals surface area (Å²) in [6.45, 7) is 13.0. The molecule has 2 saturated carbocycles. The first-order valence-corrected chi connectivity index (χ1v) is 15.0. The molecule has 1 aromatic rings. The topological polar surface area (TPSA) is 159 Å². The minimum absolute atomic E-state index is 0.0812. The molecule has 0 aromatic carbocycles. The Labute approximate surface area is 249 Å². The van der Waals surface area contributed by atoms with Crippen molar-refractivity contribution in [2.24, 2.45) is 28.6 Å². The van der Waals surface area contributed by atoms with Crippen molar-refractivity contribution in [2.45, 2.75) is 102 Å². The first kappa shape index (κ1) is 30.0. The summed E-state index contributed by atoms with van der Waals surface area (Å²) in [4.78, 5) is 53.4. The van der Waals surface area contributed by atoms with Crippen molar-refractivity contribution in [2.75, 3.05) is 6.61 Å². The summed E-state index contributed by atoms with van der Waals surface area (Å²) in [5.41, 5.74) is -5.10. The minimum Gasteiger partial charge on any atom is -0.472 e. The van der Waals surface area contributed by atoms with Gasteiger partial charge in [-0.2, -0.15) is 0 Å². The molecule has 4 heterocycles. The third kappa shape index (κ3) is 3.83. The summed E-state index contributed by atoms with van der Waals surface area (Å²) in [5.74, 6) is -4.92. The third-order valence-corrected chi connectivity index (χ3v) is 11.7. The van der Waals surface area contributed by atoms with E-state index in [1.165, 1.54) is 12.5 Å². The zero-order valence-electron chi connectivity index (χ0n) is 25.2. The first-order valence-electron chi connectivity index (χ1n) is 15.0. The van der Waals surface area contributed by atoms with Crippen LogP contribution in [0.4, 0.5) is 0 Å². The number of aliphatic hydroxyl groups excluding tert-OH is 1. The predicted octanol–water partition coefficient (Wildman–Crippen LogP) is 2.62. The zero-order chi connectivity index (χ0) is 31.3. The number of ether oxygens (including phenoxy) is 4. The van der Waals surface area contributed by atoms with Crippen LogP contribution in [0.25, 0.3) is 0 Å². The van der Waals surface area contributed by atoms with Gasteiger partial charge in [-0.15, -0.1) is 0 Å². The fourth-order valence-corrected chi connectivity index (χ4v) is 9.07. The molecule has 0 radical (unpaired) electrons. The summed E-state index contributed by atoms with van der Waals surface area (Å²) < 4.78 is 29.4. The Hall–Kier alpha value is -3.02. The number of Topliss-reactive ketones (excluding diaryl/α,β-unsaturated/α-hetero) is 1. The van der Waals surface area contributed by atoms with Crippen molar-refractivity contribution in [1.82, 2.24) is 0 Å². The van der Waals surface area contributed by atoms with Crippen molar-refractivity contribution in [1.29, 1.82) is 0 Å². The molecule has 6 rings (SSSR count). The summed E-state index contributed by atoms with van der Waals surface area (Å²) in [5, 5.41) is 23.5. The van der Waals surface area contributed by atoms with Crippen LogP contribution in [0.15, 0.2) is 35.2 Å². The molecule has 2 aliphatic carbocycles. The van der Waals surface area contributed by atoms with E-state index in [0.29, 0.717) is 12.0 Å². The Balaban J connectivity index is 1.54. The smallest absolute Gasteiger partial charge is 0.335 e. The molecule has 12 atom stereocenters. The van der Waals surface area contributed by atoms with Crippen LogP contribution >= 0.6 is 0 Å². The maximum Gasteiger partial charge on any atom is 0.335 e. The number of hydrogen-bond acceptors (Lipinski definition) is 11. The molecule has 0 amide bonds. The molecule has 234 valence electrons. The van der Waals surface area contributed by atoms with Gasteiger partial charge in [0.1, 0.15) is 24.4 Å². The standard InChI is InChI=1S/C32H40O11/c1-7-15(2)25(36)28(37)42-27-26-24(16(3)32(38)20(33)10-18(31(27,32)6)17-8-9-39-13-17)30(5)19-11-22(34)40-14-29(19,4)43-23(35)12-21(30)41-26/h8-9,13,15,18-19,21,24-27,36,38H,3,7,10-12,14H2,1-2,4-6H3/t15-,18?,19+,21+,24-,25?,26-,27+,29-,30-,31-,32-/m1/s1. The average Bonchev–Trinajstić information content (AvgIpc) is 3.63. The number of carbonyl (C=O) groups is 4. The molecule has 3 saturated heterocycles. The van der Waals surface area contributed by atoms with Gasteiger partial charge in [0.25, 0.3) is 0 Å². The lowest BCUT2D eigenvalue weighted by molar-refractivity contribution is -0.216. The molecule has 2 unspecified atom stereocenters. The Bertz CT molecular complexity index is 1370. The van der Waals surface area contributed by atoms with Crippen molar-refractivity contribution in [3.8, 4) is 0 Å². The second-order valence-corrected chi connectivity index (χ2v) is 13.8. The average molecular weight is 601 g/mol. The van der Waals surface area contributed by atoms with E-state index >= 15 is 0 Å². The molecular weight excluding hydrogens is 560 g/mol. The Morgan fingerprint density at radius 1 is 1.16 bits per heavy atom. The number of hydrogen-bond donors (Lipinski definition) is 2. The number of ketones is 1. The highest BCUT2D eigenvalue weighted by Gasteiger charge is 2.79. The van der Waals surface area contributed by atoms with E-state index in [1.54, 1.807) is 26.8 Å². The van der Waals surface area contributed by atoms with Gasteiger partial charge in [-0.1, -0.05) is 40.7 Å². The fraction of sp³-hybridized carbons (Fsp3) is 0.688. The van der Waals surface area contributed by atoms with Gasteiger partial charge in [0.2, 0.25) is 0 Å². The lowest BCUT2D eigenvalue weighted by Crippen LogP contribution is -2.68. The lowest BCUT2D eigenvalue weighted by Gasteiger charge is -2.58. The number of fused-ring (bicyclic) bond motifs is 6.